The van der Waals surface area contributed by atoms with Crippen LogP contribution in [0.25, 0.3) is 0 Å². The molecule has 0 aromatic rings. The van der Waals surface area contributed by atoms with E-state index in [4.69, 9.17) is 9.47 Å². The van der Waals surface area contributed by atoms with Crippen LogP contribution in [-0.2, 0) is 9.47 Å². The smallest absolute Gasteiger partial charge is 0.158 e. The Morgan fingerprint density at radius 2 is 1.94 bits per heavy atom. The van der Waals surface area contributed by atoms with Crippen molar-refractivity contribution in [2.45, 2.75) is 75.0 Å². The van der Waals surface area contributed by atoms with Gasteiger partial charge < -0.3 is 19.7 Å². The van der Waals surface area contributed by atoms with Crippen molar-refractivity contribution >= 4 is 0 Å². The lowest BCUT2D eigenvalue weighted by molar-refractivity contribution is -0.218. The molecule has 17 heavy (non-hydrogen) atoms. The van der Waals surface area contributed by atoms with Crippen molar-refractivity contribution in [1.29, 1.82) is 0 Å². The minimum Gasteiger partial charge on any atom is -0.390 e. The van der Waals surface area contributed by atoms with Crippen LogP contribution in [0.5, 0.6) is 0 Å². The third kappa shape index (κ3) is 2.81. The number of aliphatic hydroxyl groups is 2. The molecule has 98 valence electrons. The van der Waals surface area contributed by atoms with Crippen molar-refractivity contribution in [3.8, 4) is 0 Å². The van der Waals surface area contributed by atoms with Crippen LogP contribution in [0.15, 0.2) is 0 Å². The maximum absolute atomic E-state index is 10.2. The summed E-state index contributed by atoms with van der Waals surface area (Å²) in [6.45, 7) is 0.750. The second-order valence-corrected chi connectivity index (χ2v) is 5.95. The van der Waals surface area contributed by atoms with Gasteiger partial charge in [-0.1, -0.05) is 0 Å². The van der Waals surface area contributed by atoms with Crippen LogP contribution in [0, 0.1) is 0 Å². The molecule has 0 aromatic carbocycles. The van der Waals surface area contributed by atoms with Crippen molar-refractivity contribution in [3.63, 3.8) is 0 Å². The molecule has 3 aliphatic rings. The first-order chi connectivity index (χ1) is 8.10. The number of rotatable bonds is 5. The molecule has 0 amide bonds. The van der Waals surface area contributed by atoms with Crippen molar-refractivity contribution in [3.05, 3.63) is 0 Å². The SMILES string of the molecule is OC1(C[C@H](OC2CCCCO2)C2(O)CC2)CC1. The number of hydrogen-bond donors (Lipinski definition) is 2. The van der Waals surface area contributed by atoms with E-state index in [1.807, 2.05) is 0 Å². The van der Waals surface area contributed by atoms with Gasteiger partial charge >= 0.3 is 0 Å². The maximum atomic E-state index is 10.2. The molecular formula is C13H22O4. The van der Waals surface area contributed by atoms with Gasteiger partial charge in [-0.25, -0.2) is 0 Å². The first-order valence-corrected chi connectivity index (χ1v) is 6.82. The predicted molar refractivity (Wildman–Crippen MR) is 61.4 cm³/mol. The topological polar surface area (TPSA) is 58.9 Å². The van der Waals surface area contributed by atoms with Crippen molar-refractivity contribution in [2.75, 3.05) is 6.61 Å². The zero-order valence-electron chi connectivity index (χ0n) is 10.2. The van der Waals surface area contributed by atoms with Gasteiger partial charge in [-0.15, -0.1) is 0 Å². The molecule has 2 atom stereocenters. The Morgan fingerprint density at radius 1 is 1.18 bits per heavy atom. The Hall–Kier alpha value is -0.160. The largest absolute Gasteiger partial charge is 0.390 e. The molecule has 2 aliphatic carbocycles. The van der Waals surface area contributed by atoms with Crippen LogP contribution >= 0.6 is 0 Å². The molecule has 0 aromatic heterocycles. The van der Waals surface area contributed by atoms with Gasteiger partial charge in [0.25, 0.3) is 0 Å². The van der Waals surface area contributed by atoms with E-state index in [1.54, 1.807) is 0 Å². The molecule has 0 spiro atoms. The minimum absolute atomic E-state index is 0.180. The van der Waals surface area contributed by atoms with E-state index in [0.717, 1.165) is 51.6 Å². The van der Waals surface area contributed by atoms with Crippen LogP contribution in [0.1, 0.15) is 51.4 Å². The summed E-state index contributed by atoms with van der Waals surface area (Å²) in [5.41, 5.74) is -1.27. The number of ether oxygens (including phenoxy) is 2. The highest BCUT2D eigenvalue weighted by Crippen LogP contribution is 2.48. The highest BCUT2D eigenvalue weighted by molar-refractivity contribution is 5.06. The molecular weight excluding hydrogens is 220 g/mol. The van der Waals surface area contributed by atoms with E-state index in [0.29, 0.717) is 6.42 Å². The van der Waals surface area contributed by atoms with E-state index in [1.165, 1.54) is 0 Å². The average Bonchev–Trinajstić information content (AvgIpc) is 3.21. The van der Waals surface area contributed by atoms with Crippen molar-refractivity contribution in [2.24, 2.45) is 0 Å². The summed E-state index contributed by atoms with van der Waals surface area (Å²) in [7, 11) is 0. The molecule has 2 N–H and O–H groups in total. The van der Waals surface area contributed by atoms with Crippen LogP contribution in [-0.4, -0.2) is 40.4 Å². The highest BCUT2D eigenvalue weighted by Gasteiger charge is 2.54. The van der Waals surface area contributed by atoms with Crippen LogP contribution in [0.3, 0.4) is 0 Å². The Balaban J connectivity index is 1.58. The van der Waals surface area contributed by atoms with Crippen LogP contribution in [0.2, 0.25) is 0 Å². The van der Waals surface area contributed by atoms with E-state index >= 15 is 0 Å². The molecule has 3 fully saturated rings. The monoisotopic (exact) mass is 242 g/mol. The number of hydrogen-bond acceptors (Lipinski definition) is 4. The van der Waals surface area contributed by atoms with Gasteiger partial charge in [-0.3, -0.25) is 0 Å². The Morgan fingerprint density at radius 3 is 2.47 bits per heavy atom. The summed E-state index contributed by atoms with van der Waals surface area (Å²) in [4.78, 5) is 0. The van der Waals surface area contributed by atoms with Gasteiger partial charge in [-0.2, -0.15) is 0 Å². The molecule has 0 radical (unpaired) electrons. The van der Waals surface area contributed by atoms with Crippen LogP contribution < -0.4 is 0 Å². The highest BCUT2D eigenvalue weighted by atomic mass is 16.7. The van der Waals surface area contributed by atoms with Crippen molar-refractivity contribution in [1.82, 2.24) is 0 Å². The lowest BCUT2D eigenvalue weighted by Gasteiger charge is -2.31. The molecule has 1 saturated heterocycles. The fourth-order valence-electron chi connectivity index (χ4n) is 2.51. The van der Waals surface area contributed by atoms with Gasteiger partial charge in [0.2, 0.25) is 0 Å². The Kier molecular flexibility index (Phi) is 2.94. The first-order valence-electron chi connectivity index (χ1n) is 6.82. The second-order valence-electron chi connectivity index (χ2n) is 5.95. The molecule has 0 bridgehead atoms. The van der Waals surface area contributed by atoms with E-state index in [-0.39, 0.29) is 12.4 Å². The third-order valence-corrected chi connectivity index (χ3v) is 4.21. The molecule has 1 heterocycles. The second kappa shape index (κ2) is 4.19. The molecule has 4 heteroatoms. The zero-order valence-corrected chi connectivity index (χ0v) is 10.2. The molecule has 1 unspecified atom stereocenters. The Bertz CT molecular complexity index is 277. The standard InChI is InChI=1S/C13H22O4/c14-12(4-5-12)9-10(13(15)6-7-13)17-11-3-1-2-8-16-11/h10-11,14-15H,1-9H2/t10-,11?/m0/s1. The quantitative estimate of drug-likeness (QED) is 0.764. The fourth-order valence-corrected chi connectivity index (χ4v) is 2.51. The Labute approximate surface area is 102 Å². The summed E-state index contributed by atoms with van der Waals surface area (Å²) < 4.78 is 11.5. The summed E-state index contributed by atoms with van der Waals surface area (Å²) >= 11 is 0. The minimum atomic E-state index is -0.695. The van der Waals surface area contributed by atoms with Crippen molar-refractivity contribution < 1.29 is 19.7 Å². The summed E-state index contributed by atoms with van der Waals surface area (Å²) in [5, 5.41) is 20.2. The van der Waals surface area contributed by atoms with E-state index in [9.17, 15) is 10.2 Å². The molecule has 3 rings (SSSR count). The lowest BCUT2D eigenvalue weighted by atomic mass is 10.0. The van der Waals surface area contributed by atoms with Gasteiger partial charge in [0.1, 0.15) is 0 Å². The molecule has 4 nitrogen and oxygen atoms in total. The molecule has 2 saturated carbocycles. The maximum Gasteiger partial charge on any atom is 0.158 e. The average molecular weight is 242 g/mol. The fraction of sp³-hybridized carbons (Fsp3) is 1.00. The first kappa shape index (κ1) is 11.9. The summed E-state index contributed by atoms with van der Waals surface area (Å²) in [6, 6.07) is 0. The lowest BCUT2D eigenvalue weighted by Crippen LogP contribution is -2.39. The predicted octanol–water partition coefficient (Wildman–Crippen LogP) is 1.34. The van der Waals surface area contributed by atoms with E-state index in [2.05, 4.69) is 0 Å². The third-order valence-electron chi connectivity index (χ3n) is 4.21. The van der Waals surface area contributed by atoms with Gasteiger partial charge in [0, 0.05) is 13.0 Å². The van der Waals surface area contributed by atoms with E-state index < -0.39 is 11.2 Å². The normalized spacial score (nSPS) is 35.3. The van der Waals surface area contributed by atoms with Gasteiger partial charge in [-0.05, 0) is 44.9 Å². The van der Waals surface area contributed by atoms with Gasteiger partial charge in [0.05, 0.1) is 17.3 Å². The molecule has 1 aliphatic heterocycles. The zero-order chi connectivity index (χ0) is 11.9. The summed E-state index contributed by atoms with van der Waals surface area (Å²) in [5.74, 6) is 0. The van der Waals surface area contributed by atoms with Crippen LogP contribution in [0.4, 0.5) is 0 Å². The van der Waals surface area contributed by atoms with Gasteiger partial charge in [0.15, 0.2) is 6.29 Å². The summed E-state index contributed by atoms with van der Waals surface area (Å²) in [6.07, 6.45) is 6.52.